The number of hydrogen-bond acceptors (Lipinski definition) is 1. The Morgan fingerprint density at radius 1 is 1.67 bits per heavy atom. The fourth-order valence-corrected chi connectivity index (χ4v) is 0.583. The predicted octanol–water partition coefficient (Wildman–Crippen LogP) is 1.17. The molecule has 0 aromatic carbocycles. The van der Waals surface area contributed by atoms with Crippen LogP contribution in [0.2, 0.25) is 5.15 Å². The van der Waals surface area contributed by atoms with Gasteiger partial charge in [0, 0.05) is 12.3 Å². The van der Waals surface area contributed by atoms with Crippen LogP contribution in [0.1, 0.15) is 0 Å². The maximum Gasteiger partial charge on any atom is 0.218 e. The summed E-state index contributed by atoms with van der Waals surface area (Å²) in [6.07, 6.45) is 0.921. The molecule has 9 heavy (non-hydrogen) atoms. The van der Waals surface area contributed by atoms with Crippen LogP contribution < -0.4 is 5.43 Å². The average Bonchev–Trinajstić information content (AvgIpc) is 1.80. The summed E-state index contributed by atoms with van der Waals surface area (Å²) in [5.41, 5.74) is -0.696. The Hall–Kier alpha value is -0.830. The molecule has 2 nitrogen and oxygen atoms in total. The smallest absolute Gasteiger partial charge is 0.218 e. The van der Waals surface area contributed by atoms with E-state index in [4.69, 9.17) is 11.6 Å². The molecule has 1 N–H and O–H groups in total. The Labute approximate surface area is 55.3 Å². The number of H-pyrrole nitrogens is 1. The fourth-order valence-electron chi connectivity index (χ4n) is 0.429. The molecule has 1 aromatic rings. The molecule has 0 aliphatic rings. The first-order valence-corrected chi connectivity index (χ1v) is 2.61. The van der Waals surface area contributed by atoms with Gasteiger partial charge in [-0.1, -0.05) is 11.6 Å². The Morgan fingerprint density at radius 3 is 2.78 bits per heavy atom. The van der Waals surface area contributed by atoms with Crippen LogP contribution in [0.15, 0.2) is 17.1 Å². The number of aromatic amines is 1. The number of halogens is 2. The number of pyridine rings is 1. The first kappa shape index (κ1) is 6.29. The van der Waals surface area contributed by atoms with E-state index in [0.29, 0.717) is 0 Å². The van der Waals surface area contributed by atoms with Crippen LogP contribution >= 0.6 is 11.6 Å². The molecule has 0 saturated heterocycles. The summed E-state index contributed by atoms with van der Waals surface area (Å²) in [5, 5.41) is 0.140. The first-order chi connectivity index (χ1) is 4.20. The van der Waals surface area contributed by atoms with E-state index in [1.807, 2.05) is 0 Å². The van der Waals surface area contributed by atoms with E-state index < -0.39 is 11.2 Å². The van der Waals surface area contributed by atoms with Crippen molar-refractivity contribution in [3.05, 3.63) is 33.5 Å². The molecule has 48 valence electrons. The van der Waals surface area contributed by atoms with Crippen LogP contribution in [0.4, 0.5) is 4.39 Å². The maximum absolute atomic E-state index is 12.1. The Balaban J connectivity index is 3.34. The highest BCUT2D eigenvalue weighted by atomic mass is 35.5. The van der Waals surface area contributed by atoms with Gasteiger partial charge in [-0.15, -0.1) is 0 Å². The zero-order valence-corrected chi connectivity index (χ0v) is 5.07. The Kier molecular flexibility index (Phi) is 1.53. The number of hydrogen-bond donors (Lipinski definition) is 1. The summed E-state index contributed by atoms with van der Waals surface area (Å²) < 4.78 is 12.1. The van der Waals surface area contributed by atoms with Gasteiger partial charge in [0.15, 0.2) is 5.82 Å². The molecule has 0 fully saturated rings. The van der Waals surface area contributed by atoms with Crippen molar-refractivity contribution in [1.29, 1.82) is 0 Å². The molecule has 0 amide bonds. The topological polar surface area (TPSA) is 32.9 Å². The van der Waals surface area contributed by atoms with Gasteiger partial charge in [0.25, 0.3) is 0 Å². The lowest BCUT2D eigenvalue weighted by Gasteiger charge is -1.86. The van der Waals surface area contributed by atoms with Crippen LogP contribution in [-0.4, -0.2) is 4.98 Å². The predicted molar refractivity (Wildman–Crippen MR) is 32.0 cm³/mol. The monoisotopic (exact) mass is 147 g/mol. The minimum absolute atomic E-state index is 0.140. The van der Waals surface area contributed by atoms with Crippen molar-refractivity contribution in [2.24, 2.45) is 0 Å². The number of nitrogens with one attached hydrogen (secondary N) is 1. The highest BCUT2D eigenvalue weighted by molar-refractivity contribution is 6.29. The van der Waals surface area contributed by atoms with Crippen LogP contribution in [-0.2, 0) is 0 Å². The summed E-state index contributed by atoms with van der Waals surface area (Å²) in [6.45, 7) is 0. The van der Waals surface area contributed by atoms with E-state index in [0.717, 1.165) is 12.3 Å². The summed E-state index contributed by atoms with van der Waals surface area (Å²) in [4.78, 5) is 12.7. The number of aromatic nitrogens is 1. The van der Waals surface area contributed by atoms with Gasteiger partial charge in [0.2, 0.25) is 5.43 Å². The van der Waals surface area contributed by atoms with Crippen LogP contribution in [0.25, 0.3) is 0 Å². The molecular weight excluding hydrogens is 145 g/mol. The molecule has 0 spiro atoms. The summed E-state index contributed by atoms with van der Waals surface area (Å²) in [6, 6.07) is 0.983. The van der Waals surface area contributed by atoms with E-state index in [1.165, 1.54) is 0 Å². The molecule has 1 aromatic heterocycles. The van der Waals surface area contributed by atoms with Crippen molar-refractivity contribution in [3.63, 3.8) is 0 Å². The van der Waals surface area contributed by atoms with Crippen LogP contribution in [0, 0.1) is 5.82 Å². The van der Waals surface area contributed by atoms with Gasteiger partial charge in [-0.2, -0.15) is 0 Å². The second-order valence-corrected chi connectivity index (χ2v) is 1.90. The van der Waals surface area contributed by atoms with Crippen molar-refractivity contribution in [2.75, 3.05) is 0 Å². The van der Waals surface area contributed by atoms with E-state index in [9.17, 15) is 9.18 Å². The van der Waals surface area contributed by atoms with E-state index in [1.54, 1.807) is 0 Å². The molecule has 0 radical (unpaired) electrons. The lowest BCUT2D eigenvalue weighted by molar-refractivity contribution is 0.611. The van der Waals surface area contributed by atoms with Crippen molar-refractivity contribution in [2.45, 2.75) is 0 Å². The molecule has 1 rings (SSSR count). The van der Waals surface area contributed by atoms with Crippen molar-refractivity contribution >= 4 is 11.6 Å². The van der Waals surface area contributed by atoms with Crippen molar-refractivity contribution < 1.29 is 4.39 Å². The first-order valence-electron chi connectivity index (χ1n) is 2.24. The van der Waals surface area contributed by atoms with Crippen molar-refractivity contribution in [3.8, 4) is 0 Å². The van der Waals surface area contributed by atoms with E-state index >= 15 is 0 Å². The zero-order chi connectivity index (χ0) is 6.85. The van der Waals surface area contributed by atoms with Gasteiger partial charge in [0.05, 0.1) is 0 Å². The quantitative estimate of drug-likeness (QED) is 0.549. The highest BCUT2D eigenvalue weighted by Gasteiger charge is 1.94. The summed E-state index contributed by atoms with van der Waals surface area (Å²) in [5.74, 6) is -0.820. The molecule has 0 bridgehead atoms. The second-order valence-electron chi connectivity index (χ2n) is 1.49. The molecule has 0 aliphatic heterocycles. The third-order valence-electron chi connectivity index (χ3n) is 0.830. The molecular formula is C5H3ClFNO. The minimum Gasteiger partial charge on any atom is -0.349 e. The highest BCUT2D eigenvalue weighted by Crippen LogP contribution is 1.97. The van der Waals surface area contributed by atoms with Gasteiger partial charge in [-0.25, -0.2) is 4.39 Å². The van der Waals surface area contributed by atoms with Gasteiger partial charge >= 0.3 is 0 Å². The molecule has 4 heteroatoms. The van der Waals surface area contributed by atoms with E-state index in [2.05, 4.69) is 4.98 Å². The Bertz CT molecular complexity index is 270. The summed E-state index contributed by atoms with van der Waals surface area (Å²) in [7, 11) is 0. The van der Waals surface area contributed by atoms with Gasteiger partial charge < -0.3 is 4.98 Å². The third-order valence-corrected chi connectivity index (χ3v) is 1.05. The SMILES string of the molecule is O=c1cc(Cl)[nH]cc1F. The third kappa shape index (κ3) is 1.29. The zero-order valence-electron chi connectivity index (χ0n) is 4.32. The van der Waals surface area contributed by atoms with Gasteiger partial charge in [-0.3, -0.25) is 4.79 Å². The fraction of sp³-hybridized carbons (Fsp3) is 0. The van der Waals surface area contributed by atoms with Crippen LogP contribution in [0.3, 0.4) is 0 Å². The average molecular weight is 148 g/mol. The molecule has 0 aliphatic carbocycles. The Morgan fingerprint density at radius 2 is 2.33 bits per heavy atom. The van der Waals surface area contributed by atoms with Gasteiger partial charge in [0.1, 0.15) is 5.15 Å². The summed E-state index contributed by atoms with van der Waals surface area (Å²) >= 11 is 5.29. The van der Waals surface area contributed by atoms with E-state index in [-0.39, 0.29) is 5.15 Å². The maximum atomic E-state index is 12.1. The lowest BCUT2D eigenvalue weighted by atomic mass is 10.5. The largest absolute Gasteiger partial charge is 0.349 e. The van der Waals surface area contributed by atoms with Crippen molar-refractivity contribution in [1.82, 2.24) is 4.98 Å². The normalized spacial score (nSPS) is 9.56. The lowest BCUT2D eigenvalue weighted by Crippen LogP contribution is -2.03. The molecule has 0 unspecified atom stereocenters. The second kappa shape index (κ2) is 2.19. The number of rotatable bonds is 0. The molecule has 0 saturated carbocycles. The van der Waals surface area contributed by atoms with Gasteiger partial charge in [-0.05, 0) is 0 Å². The molecule has 1 heterocycles. The van der Waals surface area contributed by atoms with Crippen LogP contribution in [0.5, 0.6) is 0 Å². The minimum atomic E-state index is -0.820. The molecule has 0 atom stereocenters. The standard InChI is InChI=1S/C5H3ClFNO/c6-5-1-4(9)3(7)2-8-5/h1-2H,(H,8,9).